The van der Waals surface area contributed by atoms with Gasteiger partial charge in [-0.15, -0.1) is 0 Å². The summed E-state index contributed by atoms with van der Waals surface area (Å²) in [4.78, 5) is 45.9. The Morgan fingerprint density at radius 1 is 0.938 bits per heavy atom. The molecule has 0 spiro atoms. The molecule has 5 N–H and O–H groups in total. The summed E-state index contributed by atoms with van der Waals surface area (Å²) in [6.07, 6.45) is 8.28. The molecule has 1 heterocycles. The number of hydrogen-bond acceptors (Lipinski definition) is 10. The van der Waals surface area contributed by atoms with Gasteiger partial charge in [-0.2, -0.15) is 0 Å². The number of dihydropyridines is 1. The smallest absolute Gasteiger partial charge is 0.336 e. The van der Waals surface area contributed by atoms with Crippen molar-refractivity contribution in [3.63, 3.8) is 0 Å². The van der Waals surface area contributed by atoms with Crippen molar-refractivity contribution < 1.29 is 48.3 Å². The number of nitrogens with two attached hydrogens (primary N) is 1. The Morgan fingerprint density at radius 2 is 1.56 bits per heavy atom. The zero-order valence-electron chi connectivity index (χ0n) is 27.2. The van der Waals surface area contributed by atoms with Crippen LogP contribution in [0.5, 0.6) is 0 Å². The highest BCUT2D eigenvalue weighted by Gasteiger charge is 2.42. The van der Waals surface area contributed by atoms with Gasteiger partial charge in [0.05, 0.1) is 73.0 Å². The molecule has 0 unspecified atom stereocenters. The summed E-state index contributed by atoms with van der Waals surface area (Å²) in [5, 5.41) is 19.4. The van der Waals surface area contributed by atoms with E-state index in [2.05, 4.69) is 5.32 Å². The van der Waals surface area contributed by atoms with Gasteiger partial charge in [0.15, 0.2) is 0 Å². The maximum Gasteiger partial charge on any atom is 0.336 e. The van der Waals surface area contributed by atoms with E-state index in [0.29, 0.717) is 67.1 Å². The molecule has 0 radical (unpaired) electrons. The van der Waals surface area contributed by atoms with Crippen molar-refractivity contribution in [3.05, 3.63) is 68.5 Å². The molecule has 2 saturated carbocycles. The normalized spacial score (nSPS) is 17.6. The van der Waals surface area contributed by atoms with E-state index in [4.69, 9.17) is 58.1 Å². The predicted octanol–water partition coefficient (Wildman–Crippen LogP) is 4.84. The molecule has 12 nitrogen and oxygen atoms in total. The average molecular weight is 712 g/mol. The van der Waals surface area contributed by atoms with E-state index in [-0.39, 0.29) is 22.8 Å². The SMILES string of the molecule is COC(=O)C1=C(C)NC(COCCOCCN)=C(C(=O)OCCCC(C2CC2)C2CC2)[C@@H]1c1cccc(Cl)c1Cl.O=C(O)C=CC(=O)O. The number of ether oxygens (including phenoxy) is 4. The van der Waals surface area contributed by atoms with Crippen LogP contribution in [0.4, 0.5) is 0 Å². The molecule has 1 aliphatic heterocycles. The topological polar surface area (TPSA) is 184 Å². The van der Waals surface area contributed by atoms with E-state index >= 15 is 0 Å². The highest BCUT2D eigenvalue weighted by molar-refractivity contribution is 6.42. The third-order valence-electron chi connectivity index (χ3n) is 8.18. The Bertz CT molecular complexity index is 1370. The van der Waals surface area contributed by atoms with E-state index in [0.717, 1.165) is 30.6 Å². The van der Waals surface area contributed by atoms with Crippen molar-refractivity contribution in [1.82, 2.24) is 5.32 Å². The van der Waals surface area contributed by atoms with Gasteiger partial charge >= 0.3 is 23.9 Å². The second-order valence-electron chi connectivity index (χ2n) is 11.7. The summed E-state index contributed by atoms with van der Waals surface area (Å²) in [5.74, 6) is -2.05. The monoisotopic (exact) mass is 710 g/mol. The predicted molar refractivity (Wildman–Crippen MR) is 178 cm³/mol. The van der Waals surface area contributed by atoms with Gasteiger partial charge in [0.2, 0.25) is 0 Å². The van der Waals surface area contributed by atoms with E-state index in [1.54, 1.807) is 25.1 Å². The van der Waals surface area contributed by atoms with Gasteiger partial charge in [-0.3, -0.25) is 0 Å². The second-order valence-corrected chi connectivity index (χ2v) is 12.5. The highest BCUT2D eigenvalue weighted by atomic mass is 35.5. The highest BCUT2D eigenvalue weighted by Crippen LogP contribution is 2.51. The van der Waals surface area contributed by atoms with Gasteiger partial charge in [-0.25, -0.2) is 19.2 Å². The summed E-state index contributed by atoms with van der Waals surface area (Å²) >= 11 is 13.0. The number of methoxy groups -OCH3 is 1. The number of halogens is 2. The number of aliphatic carboxylic acids is 2. The van der Waals surface area contributed by atoms with Crippen LogP contribution in [-0.4, -0.2) is 80.8 Å². The van der Waals surface area contributed by atoms with Crippen molar-refractivity contribution in [2.45, 2.75) is 51.4 Å². The van der Waals surface area contributed by atoms with Crippen LogP contribution in [-0.2, 0) is 38.1 Å². The molecule has 3 aliphatic rings. The quantitative estimate of drug-likeness (QED) is 0.0925. The van der Waals surface area contributed by atoms with Gasteiger partial charge in [0, 0.05) is 24.4 Å². The third-order valence-corrected chi connectivity index (χ3v) is 9.02. The molecule has 1 atom stereocenters. The lowest BCUT2D eigenvalue weighted by Crippen LogP contribution is -2.35. The van der Waals surface area contributed by atoms with Crippen LogP contribution in [0.1, 0.15) is 56.9 Å². The Balaban J connectivity index is 0.000000694. The Labute approximate surface area is 290 Å². The molecule has 4 rings (SSSR count). The first-order valence-corrected chi connectivity index (χ1v) is 16.6. The zero-order chi connectivity index (χ0) is 35.2. The van der Waals surface area contributed by atoms with Crippen molar-refractivity contribution in [3.8, 4) is 0 Å². The molecule has 1 aromatic rings. The number of carboxylic acids is 2. The minimum absolute atomic E-state index is 0.0718. The molecule has 2 aliphatic carbocycles. The number of carbonyl (C=O) groups is 4. The van der Waals surface area contributed by atoms with Gasteiger partial charge in [0.25, 0.3) is 0 Å². The maximum absolute atomic E-state index is 13.8. The minimum atomic E-state index is -1.26. The summed E-state index contributed by atoms with van der Waals surface area (Å²) in [6.45, 7) is 3.64. The van der Waals surface area contributed by atoms with Gasteiger partial charge in [-0.05, 0) is 74.8 Å². The number of benzene rings is 1. The number of hydrogen-bond donors (Lipinski definition) is 4. The van der Waals surface area contributed by atoms with E-state index in [1.807, 2.05) is 0 Å². The number of carboxylic acid groups (broad SMARTS) is 2. The summed E-state index contributed by atoms with van der Waals surface area (Å²) in [5.41, 5.74) is 7.51. The fourth-order valence-corrected chi connectivity index (χ4v) is 6.19. The lowest BCUT2D eigenvalue weighted by molar-refractivity contribution is -0.140. The number of nitrogens with one attached hydrogen (secondary N) is 1. The number of allylic oxidation sites excluding steroid dienone is 1. The number of esters is 2. The molecule has 2 fully saturated rings. The summed E-state index contributed by atoms with van der Waals surface area (Å²) < 4.78 is 22.2. The van der Waals surface area contributed by atoms with Crippen molar-refractivity contribution in [2.24, 2.45) is 23.5 Å². The number of rotatable bonds is 18. The Kier molecular flexibility index (Phi) is 15.9. The van der Waals surface area contributed by atoms with Crippen LogP contribution in [0.15, 0.2) is 52.9 Å². The molecule has 0 bridgehead atoms. The van der Waals surface area contributed by atoms with E-state index < -0.39 is 29.8 Å². The first-order chi connectivity index (χ1) is 23.0. The average Bonchev–Trinajstić information content (AvgIpc) is 3.98. The van der Waals surface area contributed by atoms with Crippen LogP contribution < -0.4 is 11.1 Å². The fraction of sp³-hybridized carbons (Fsp3) is 0.529. The van der Waals surface area contributed by atoms with Crippen molar-refractivity contribution in [1.29, 1.82) is 0 Å². The lowest BCUT2D eigenvalue weighted by Gasteiger charge is -2.32. The lowest BCUT2D eigenvalue weighted by atomic mass is 9.80. The van der Waals surface area contributed by atoms with Gasteiger partial charge < -0.3 is 40.2 Å². The Hall–Kier alpha value is -3.42. The molecule has 264 valence electrons. The van der Waals surface area contributed by atoms with Crippen molar-refractivity contribution in [2.75, 3.05) is 46.7 Å². The molecule has 0 aromatic heterocycles. The molecule has 0 saturated heterocycles. The van der Waals surface area contributed by atoms with E-state index in [1.165, 1.54) is 32.8 Å². The summed E-state index contributed by atoms with van der Waals surface area (Å²) in [6, 6.07) is 5.15. The van der Waals surface area contributed by atoms with Crippen molar-refractivity contribution >= 4 is 47.1 Å². The first-order valence-electron chi connectivity index (χ1n) is 15.9. The number of carbonyl (C=O) groups excluding carboxylic acids is 2. The largest absolute Gasteiger partial charge is 0.478 e. The molecule has 1 aromatic carbocycles. The third kappa shape index (κ3) is 11.9. The van der Waals surface area contributed by atoms with Crippen LogP contribution in [0.25, 0.3) is 0 Å². The molecular weight excluding hydrogens is 667 g/mol. The molecular formula is C34H44Cl2N2O10. The minimum Gasteiger partial charge on any atom is -0.478 e. The Morgan fingerprint density at radius 3 is 2.12 bits per heavy atom. The van der Waals surface area contributed by atoms with Crippen LogP contribution in [0, 0.1) is 17.8 Å². The zero-order valence-corrected chi connectivity index (χ0v) is 28.7. The maximum atomic E-state index is 13.8. The first kappa shape index (κ1) is 39.0. The van der Waals surface area contributed by atoms with Crippen LogP contribution in [0.3, 0.4) is 0 Å². The fourth-order valence-electron chi connectivity index (χ4n) is 5.77. The molecule has 48 heavy (non-hydrogen) atoms. The van der Waals surface area contributed by atoms with E-state index in [9.17, 15) is 19.2 Å². The van der Waals surface area contributed by atoms with Crippen LogP contribution >= 0.6 is 23.2 Å². The summed E-state index contributed by atoms with van der Waals surface area (Å²) in [7, 11) is 1.30. The van der Waals surface area contributed by atoms with Crippen LogP contribution in [0.2, 0.25) is 10.0 Å². The molecule has 0 amide bonds. The second kappa shape index (κ2) is 19.5. The molecule has 14 heteroatoms. The standard InChI is InChI=1S/C30H40Cl2N2O6.C4H4O4/c1-18-25(29(35)37-2)26(22-5-3-7-23(31)28(22)32)27(24(34-18)17-39-16-15-38-14-12-33)30(36)40-13-4-6-21(19-8-9-19)20-10-11-20;5-3(6)1-2-4(7)8/h3,5,7,19-21,26,34H,4,6,8-17,33H2,1-2H3;1-2H,(H,5,6)(H,7,8)/t26-;/m1./s1. The van der Waals surface area contributed by atoms with Gasteiger partial charge in [-0.1, -0.05) is 35.3 Å². The van der Waals surface area contributed by atoms with Gasteiger partial charge in [0.1, 0.15) is 0 Å².